The number of ether oxygens (including phenoxy) is 2. The Morgan fingerprint density at radius 3 is 2.54 bits per heavy atom. The van der Waals surface area contributed by atoms with E-state index in [1.54, 1.807) is 13.2 Å². The highest BCUT2D eigenvalue weighted by molar-refractivity contribution is 6.45. The van der Waals surface area contributed by atoms with Crippen molar-refractivity contribution in [2.75, 3.05) is 20.3 Å². The molecule has 3 atom stereocenters. The van der Waals surface area contributed by atoms with Gasteiger partial charge in [-0.1, -0.05) is 53.9 Å². The molecular formula is C27H30Cl2N2O4. The molecule has 1 aliphatic heterocycles. The average molecular weight is 517 g/mol. The Hall–Kier alpha value is -2.09. The summed E-state index contributed by atoms with van der Waals surface area (Å²) in [4.78, 5) is 12.0. The number of carboxylic acid groups (broad SMARTS) is 1. The van der Waals surface area contributed by atoms with E-state index < -0.39 is 23.7 Å². The van der Waals surface area contributed by atoms with Crippen molar-refractivity contribution in [3.8, 4) is 0 Å². The zero-order valence-corrected chi connectivity index (χ0v) is 21.4. The van der Waals surface area contributed by atoms with Gasteiger partial charge in [-0.25, -0.2) is 0 Å². The Balaban J connectivity index is 1.46. The fraction of sp³-hybridized carbons (Fsp3) is 0.444. The molecule has 0 spiro atoms. The molecule has 35 heavy (non-hydrogen) atoms. The third-order valence-electron chi connectivity index (χ3n) is 7.79. The average Bonchev–Trinajstić information content (AvgIpc) is 3.43. The van der Waals surface area contributed by atoms with E-state index >= 15 is 0 Å². The van der Waals surface area contributed by atoms with Gasteiger partial charge >= 0.3 is 5.97 Å². The number of carboxylic acids is 1. The first-order valence-electron chi connectivity index (χ1n) is 12.0. The Kier molecular flexibility index (Phi) is 6.85. The van der Waals surface area contributed by atoms with Crippen LogP contribution in [0.3, 0.4) is 0 Å². The quantitative estimate of drug-likeness (QED) is 0.359. The highest BCUT2D eigenvalue weighted by Crippen LogP contribution is 2.41. The zero-order chi connectivity index (χ0) is 24.7. The largest absolute Gasteiger partial charge is 0.481 e. The number of aliphatic carboxylic acids is 1. The van der Waals surface area contributed by atoms with E-state index in [1.807, 2.05) is 43.4 Å². The molecule has 2 aliphatic rings. The van der Waals surface area contributed by atoms with Crippen LogP contribution in [0.15, 0.2) is 42.5 Å². The number of methoxy groups -OCH3 is 1. The lowest BCUT2D eigenvalue weighted by atomic mass is 9.72. The van der Waals surface area contributed by atoms with Crippen molar-refractivity contribution in [2.45, 2.75) is 43.4 Å². The number of carbonyl (C=O) groups is 1. The van der Waals surface area contributed by atoms with Crippen LogP contribution >= 0.6 is 23.2 Å². The van der Waals surface area contributed by atoms with E-state index in [4.69, 9.17) is 32.7 Å². The van der Waals surface area contributed by atoms with Crippen LogP contribution in [-0.4, -0.2) is 36.0 Å². The summed E-state index contributed by atoms with van der Waals surface area (Å²) < 4.78 is 13.8. The van der Waals surface area contributed by atoms with Crippen LogP contribution in [0.4, 0.5) is 0 Å². The number of fused-ring (bicyclic) bond motifs is 1. The summed E-state index contributed by atoms with van der Waals surface area (Å²) in [6.07, 6.45) is 3.42. The molecule has 1 aromatic heterocycles. The third kappa shape index (κ3) is 4.36. The van der Waals surface area contributed by atoms with E-state index in [0.29, 0.717) is 23.3 Å². The lowest BCUT2D eigenvalue weighted by Crippen LogP contribution is -2.46. The second kappa shape index (κ2) is 9.75. The number of hydrogen-bond acceptors (Lipinski definition) is 4. The second-order valence-corrected chi connectivity index (χ2v) is 10.5. The fourth-order valence-corrected chi connectivity index (χ4v) is 5.89. The van der Waals surface area contributed by atoms with Crippen molar-refractivity contribution in [3.63, 3.8) is 0 Å². The molecule has 0 radical (unpaired) electrons. The van der Waals surface area contributed by atoms with Gasteiger partial charge in [0.15, 0.2) is 0 Å². The van der Waals surface area contributed by atoms with Gasteiger partial charge in [-0.2, -0.15) is 0 Å². The first-order chi connectivity index (χ1) is 16.8. The summed E-state index contributed by atoms with van der Waals surface area (Å²) in [5.74, 6) is -0.959. The van der Waals surface area contributed by atoms with E-state index in [1.165, 1.54) is 0 Å². The maximum Gasteiger partial charge on any atom is 0.311 e. The van der Waals surface area contributed by atoms with E-state index in [-0.39, 0.29) is 5.92 Å². The van der Waals surface area contributed by atoms with Crippen LogP contribution in [0.5, 0.6) is 0 Å². The highest BCUT2D eigenvalue weighted by atomic mass is 35.5. The summed E-state index contributed by atoms with van der Waals surface area (Å²) in [6.45, 7) is 1.12. The molecule has 2 N–H and O–H groups in total. The number of nitrogens with one attached hydrogen (secondary N) is 1. The van der Waals surface area contributed by atoms with Crippen molar-refractivity contribution < 1.29 is 19.4 Å². The minimum atomic E-state index is -0.742. The van der Waals surface area contributed by atoms with Gasteiger partial charge in [-0.3, -0.25) is 10.1 Å². The van der Waals surface area contributed by atoms with Gasteiger partial charge in [0.2, 0.25) is 0 Å². The van der Waals surface area contributed by atoms with Crippen molar-refractivity contribution in [3.05, 3.63) is 69.3 Å². The van der Waals surface area contributed by atoms with Gasteiger partial charge in [0.1, 0.15) is 6.23 Å². The first-order valence-corrected chi connectivity index (χ1v) is 12.7. The Bertz CT molecular complexity index is 1230. The molecule has 0 bridgehead atoms. The molecule has 6 nitrogen and oxygen atoms in total. The summed E-state index contributed by atoms with van der Waals surface area (Å²) in [7, 11) is 3.65. The fourth-order valence-electron chi connectivity index (χ4n) is 5.51. The Morgan fingerprint density at radius 1 is 1.23 bits per heavy atom. The number of benzene rings is 2. The molecule has 3 aromatic rings. The second-order valence-electron chi connectivity index (χ2n) is 9.70. The van der Waals surface area contributed by atoms with Gasteiger partial charge < -0.3 is 19.1 Å². The SMILES string of the molecule is COC(NC1(c2ccc(C(C(=O)O)C3CCC3)cc2)CCOC1)c1cc2c(Cl)c(Cl)ccc2n1C. The number of aryl methyl sites for hydroxylation is 1. The summed E-state index contributed by atoms with van der Waals surface area (Å²) in [5.41, 5.74) is 3.34. The molecule has 5 rings (SSSR count). The lowest BCUT2D eigenvalue weighted by Gasteiger charge is -2.35. The van der Waals surface area contributed by atoms with Crippen molar-refractivity contribution >= 4 is 40.1 Å². The van der Waals surface area contributed by atoms with Crippen molar-refractivity contribution in [1.82, 2.24) is 9.88 Å². The predicted molar refractivity (Wildman–Crippen MR) is 137 cm³/mol. The smallest absolute Gasteiger partial charge is 0.311 e. The molecule has 8 heteroatoms. The maximum atomic E-state index is 12.0. The summed E-state index contributed by atoms with van der Waals surface area (Å²) in [5, 5.41) is 15.4. The minimum absolute atomic E-state index is 0.227. The zero-order valence-electron chi connectivity index (χ0n) is 19.9. The highest BCUT2D eigenvalue weighted by Gasteiger charge is 2.40. The number of halogens is 2. The molecule has 1 aliphatic carbocycles. The number of aromatic nitrogens is 1. The van der Waals surface area contributed by atoms with Gasteiger partial charge in [0, 0.05) is 31.7 Å². The molecule has 1 saturated heterocycles. The third-order valence-corrected chi connectivity index (χ3v) is 8.61. The number of hydrogen-bond donors (Lipinski definition) is 2. The molecule has 2 aromatic carbocycles. The first kappa shape index (κ1) is 24.6. The Morgan fingerprint density at radius 2 is 1.97 bits per heavy atom. The molecule has 2 heterocycles. The summed E-state index contributed by atoms with van der Waals surface area (Å²) in [6, 6.07) is 13.8. The Labute approximate surface area is 215 Å². The lowest BCUT2D eigenvalue weighted by molar-refractivity contribution is -0.141. The number of rotatable bonds is 8. The molecular weight excluding hydrogens is 487 g/mol. The van der Waals surface area contributed by atoms with Crippen LogP contribution in [0.2, 0.25) is 10.0 Å². The molecule has 0 amide bonds. The number of nitrogens with zero attached hydrogens (tertiary/aromatic N) is 1. The van der Waals surface area contributed by atoms with Gasteiger partial charge in [-0.15, -0.1) is 0 Å². The van der Waals surface area contributed by atoms with Crippen LogP contribution < -0.4 is 5.32 Å². The van der Waals surface area contributed by atoms with Crippen LogP contribution in [0.25, 0.3) is 10.9 Å². The molecule has 186 valence electrons. The normalized spacial score (nSPS) is 22.3. The van der Waals surface area contributed by atoms with Gasteiger partial charge in [0.05, 0.1) is 33.8 Å². The van der Waals surface area contributed by atoms with E-state index in [9.17, 15) is 9.90 Å². The van der Waals surface area contributed by atoms with Crippen LogP contribution in [0, 0.1) is 5.92 Å². The summed E-state index contributed by atoms with van der Waals surface area (Å²) >= 11 is 12.7. The van der Waals surface area contributed by atoms with Gasteiger partial charge in [-0.05, 0) is 54.5 Å². The standard InChI is InChI=1S/C27H30Cl2N2O4/c1-31-21-11-10-20(28)24(29)19(21)14-22(31)25(34-2)30-27(12-13-35-15-27)18-8-6-17(7-9-18)23(26(32)33)16-4-3-5-16/h6-11,14,16,23,25,30H,3-5,12-13,15H2,1-2H3,(H,32,33). The minimum Gasteiger partial charge on any atom is -0.481 e. The van der Waals surface area contributed by atoms with E-state index in [2.05, 4.69) is 9.88 Å². The van der Waals surface area contributed by atoms with Crippen LogP contribution in [-0.2, 0) is 26.9 Å². The van der Waals surface area contributed by atoms with Crippen molar-refractivity contribution in [1.29, 1.82) is 0 Å². The van der Waals surface area contributed by atoms with Gasteiger partial charge in [0.25, 0.3) is 0 Å². The molecule has 1 saturated carbocycles. The topological polar surface area (TPSA) is 72.7 Å². The molecule has 2 fully saturated rings. The monoisotopic (exact) mass is 516 g/mol. The predicted octanol–water partition coefficient (Wildman–Crippen LogP) is 6.00. The van der Waals surface area contributed by atoms with E-state index in [0.717, 1.165) is 53.4 Å². The maximum absolute atomic E-state index is 12.0. The van der Waals surface area contributed by atoms with Crippen LogP contribution in [0.1, 0.15) is 54.6 Å². The molecule has 3 unspecified atom stereocenters. The van der Waals surface area contributed by atoms with Crippen molar-refractivity contribution in [2.24, 2.45) is 13.0 Å².